The van der Waals surface area contributed by atoms with E-state index in [0.29, 0.717) is 31.8 Å². The number of esters is 4. The topological polar surface area (TPSA) is 212 Å². The summed E-state index contributed by atoms with van der Waals surface area (Å²) in [6.45, 7) is -0.334. The molecule has 1 aliphatic rings. The van der Waals surface area contributed by atoms with E-state index >= 15 is 0 Å². The molecule has 0 saturated heterocycles. The zero-order valence-electron chi connectivity index (χ0n) is 33.7. The maximum Gasteiger partial charge on any atom is 0.374 e. The number of benzene rings is 2. The van der Waals surface area contributed by atoms with Crippen LogP contribution >= 0.6 is 34.3 Å². The van der Waals surface area contributed by atoms with Crippen LogP contribution in [0, 0.1) is 11.6 Å². The fraction of sp³-hybridized carbons (Fsp3) is 0.136. The van der Waals surface area contributed by atoms with E-state index in [2.05, 4.69) is 20.6 Å². The summed E-state index contributed by atoms with van der Waals surface area (Å²) in [6.07, 6.45) is 1.59. The Morgan fingerprint density at radius 3 is 2.11 bits per heavy atom. The smallest absolute Gasteiger partial charge is 0.374 e. The molecule has 2 atom stereocenters. The van der Waals surface area contributed by atoms with Gasteiger partial charge in [0, 0.05) is 35.7 Å². The molecule has 7 aromatic rings. The van der Waals surface area contributed by atoms with Crippen LogP contribution in [0.25, 0.3) is 21.4 Å². The number of hydrogen-bond donors (Lipinski definition) is 2. The van der Waals surface area contributed by atoms with Crippen molar-refractivity contribution >= 4 is 91.9 Å². The van der Waals surface area contributed by atoms with E-state index in [1.54, 1.807) is 18.2 Å². The van der Waals surface area contributed by atoms with Crippen molar-refractivity contribution in [3.8, 4) is 16.9 Å². The zero-order valence-corrected chi connectivity index (χ0v) is 36.1. The highest BCUT2D eigenvalue weighted by molar-refractivity contribution is 7.21. The number of carbonyl (C=O) groups is 6. The molecule has 5 aromatic heterocycles. The molecule has 0 bridgehead atoms. The van der Waals surface area contributed by atoms with Crippen LogP contribution in [0.4, 0.5) is 20.4 Å². The van der Waals surface area contributed by atoms with Crippen molar-refractivity contribution in [1.82, 2.24) is 9.97 Å². The summed E-state index contributed by atoms with van der Waals surface area (Å²) in [6, 6.07) is 16.5. The Balaban J connectivity index is 0.941. The number of anilines is 2. The first-order chi connectivity index (χ1) is 31.3. The number of thiophene rings is 2. The molecule has 0 fully saturated rings. The van der Waals surface area contributed by atoms with Crippen LogP contribution in [0.15, 0.2) is 89.6 Å². The second kappa shape index (κ2) is 18.3. The van der Waals surface area contributed by atoms with Crippen LogP contribution in [0.2, 0.25) is 5.02 Å². The van der Waals surface area contributed by atoms with Gasteiger partial charge in [0.15, 0.2) is 0 Å². The number of methoxy groups -OCH3 is 3. The van der Waals surface area contributed by atoms with Gasteiger partial charge in [-0.05, 0) is 42.0 Å². The number of fused-ring (bicyclic) bond motifs is 2. The fourth-order valence-electron chi connectivity index (χ4n) is 6.79. The lowest BCUT2D eigenvalue weighted by Crippen LogP contribution is -2.31. The molecule has 2 amide bonds. The average Bonchev–Trinajstić information content (AvgIpc) is 4.08. The van der Waals surface area contributed by atoms with Crippen LogP contribution in [0.1, 0.15) is 72.5 Å². The minimum Gasteiger partial charge on any atom is -0.476 e. The second-order valence-corrected chi connectivity index (χ2v) is 16.3. The summed E-state index contributed by atoms with van der Waals surface area (Å²) >= 11 is 8.71. The Bertz CT molecular complexity index is 3040. The molecule has 2 unspecified atom stereocenters. The van der Waals surface area contributed by atoms with E-state index in [1.807, 2.05) is 0 Å². The molecule has 0 radical (unpaired) electrons. The molecule has 8 rings (SSSR count). The van der Waals surface area contributed by atoms with Crippen molar-refractivity contribution in [2.24, 2.45) is 0 Å². The lowest BCUT2D eigenvalue weighted by Gasteiger charge is -2.17. The minimum atomic E-state index is -1.15. The van der Waals surface area contributed by atoms with Gasteiger partial charge in [0.05, 0.1) is 53.0 Å². The van der Waals surface area contributed by atoms with Gasteiger partial charge >= 0.3 is 23.9 Å². The first kappa shape index (κ1) is 44.1. The number of hydrogen-bond acceptors (Lipinski definition) is 16. The van der Waals surface area contributed by atoms with Crippen molar-refractivity contribution < 1.29 is 65.6 Å². The Kier molecular flexibility index (Phi) is 12.4. The number of ether oxygens (including phenoxy) is 5. The quantitative estimate of drug-likeness (QED) is 0.0870. The molecular weight excluding hydrogens is 914 g/mol. The van der Waals surface area contributed by atoms with E-state index < -0.39 is 64.9 Å². The minimum absolute atomic E-state index is 0.00111. The molecule has 0 aliphatic carbocycles. The fourth-order valence-corrected chi connectivity index (χ4v) is 9.26. The molecule has 65 heavy (non-hydrogen) atoms. The molecule has 2 N–H and O–H groups in total. The van der Waals surface area contributed by atoms with Gasteiger partial charge in [0.1, 0.15) is 56.5 Å². The molecule has 0 spiro atoms. The number of carbonyl (C=O) groups excluding carboxylic acids is 6. The van der Waals surface area contributed by atoms with E-state index in [0.717, 1.165) is 40.9 Å². The van der Waals surface area contributed by atoms with E-state index in [-0.39, 0.29) is 55.7 Å². The Hall–Kier alpha value is -7.55. The SMILES string of the molecule is COC(=O)c1cc2oc(C(=O)OC)c(-c3ccc(NC(=O)c4cccc(COC(=O)c5cc6c(s5)C(c5ccc(NC(=O)c7c(F)cccc7F)nc5)C(C(=O)OC)O6)c4Cl)nc3)c2s1. The maximum atomic E-state index is 14.2. The van der Waals surface area contributed by atoms with Gasteiger partial charge in [-0.1, -0.05) is 35.9 Å². The summed E-state index contributed by atoms with van der Waals surface area (Å²) in [4.78, 5) is 86.3. The largest absolute Gasteiger partial charge is 0.476 e. The molecule has 16 nitrogen and oxygen atoms in total. The molecule has 330 valence electrons. The molecule has 21 heteroatoms. The standard InChI is InChI=1S/C44H29ClF2N4O12S2/c1-58-41(54)27-14-25-37(64-27)31(35(62-25)43(56)59-2)19-10-12-29(48-16-19)50-39(52)22-7-4-6-21(34(22)45)18-61-42(55)28-15-26-38(65-28)32(36(63-26)44(57)60-3)20-11-13-30(49-17-20)51-40(53)33-23(46)8-5-9-24(33)47/h4-17,32,36H,18H2,1-3H3,(H,48,50,52)(H,49,51,53). The van der Waals surface area contributed by atoms with Gasteiger partial charge in [0.25, 0.3) is 11.8 Å². The summed E-state index contributed by atoms with van der Waals surface area (Å²) in [5.74, 6) is -7.17. The van der Waals surface area contributed by atoms with Crippen molar-refractivity contribution in [2.75, 3.05) is 32.0 Å². The van der Waals surface area contributed by atoms with Crippen molar-refractivity contribution in [3.05, 3.63) is 144 Å². The van der Waals surface area contributed by atoms with E-state index in [4.69, 9.17) is 39.7 Å². The molecular formula is C44H29ClF2N4O12S2. The monoisotopic (exact) mass is 942 g/mol. The number of amides is 2. The lowest BCUT2D eigenvalue weighted by atomic mass is 9.94. The van der Waals surface area contributed by atoms with Gasteiger partial charge in [-0.2, -0.15) is 0 Å². The van der Waals surface area contributed by atoms with Gasteiger partial charge in [-0.25, -0.2) is 37.9 Å². The summed E-state index contributed by atoms with van der Waals surface area (Å²) in [5, 5.41) is 5.01. The van der Waals surface area contributed by atoms with E-state index in [1.165, 1.54) is 70.1 Å². The third-order valence-corrected chi connectivity index (χ3v) is 12.6. The Morgan fingerprint density at radius 1 is 0.769 bits per heavy atom. The highest BCUT2D eigenvalue weighted by Crippen LogP contribution is 2.48. The number of aromatic nitrogens is 2. The molecule has 1 aliphatic heterocycles. The van der Waals surface area contributed by atoms with Crippen molar-refractivity contribution in [3.63, 3.8) is 0 Å². The predicted molar refractivity (Wildman–Crippen MR) is 230 cm³/mol. The summed E-state index contributed by atoms with van der Waals surface area (Å²) in [7, 11) is 3.63. The van der Waals surface area contributed by atoms with Gasteiger partial charge in [0.2, 0.25) is 11.9 Å². The Morgan fingerprint density at radius 2 is 1.45 bits per heavy atom. The zero-order chi connectivity index (χ0) is 46.1. The third-order valence-electron chi connectivity index (χ3n) is 9.87. The second-order valence-electron chi connectivity index (χ2n) is 13.7. The lowest BCUT2D eigenvalue weighted by molar-refractivity contribution is -0.148. The Labute approximate surface area is 378 Å². The highest BCUT2D eigenvalue weighted by Gasteiger charge is 2.44. The number of halogens is 3. The van der Waals surface area contributed by atoms with Gasteiger partial charge < -0.3 is 38.7 Å². The molecule has 0 saturated carbocycles. The van der Waals surface area contributed by atoms with E-state index in [9.17, 15) is 37.5 Å². The van der Waals surface area contributed by atoms with Crippen LogP contribution < -0.4 is 15.4 Å². The summed E-state index contributed by atoms with van der Waals surface area (Å²) in [5.41, 5.74) is 1.04. The summed E-state index contributed by atoms with van der Waals surface area (Å²) < 4.78 is 60.7. The first-order valence-electron chi connectivity index (χ1n) is 18.8. The molecule has 2 aromatic carbocycles. The maximum absolute atomic E-state index is 14.2. The number of pyridine rings is 2. The van der Waals surface area contributed by atoms with Crippen molar-refractivity contribution in [1.29, 1.82) is 0 Å². The third kappa shape index (κ3) is 8.61. The van der Waals surface area contributed by atoms with Crippen LogP contribution in [0.5, 0.6) is 5.75 Å². The predicted octanol–water partition coefficient (Wildman–Crippen LogP) is 8.45. The van der Waals surface area contributed by atoms with Gasteiger partial charge in [-0.15, -0.1) is 22.7 Å². The van der Waals surface area contributed by atoms with Crippen LogP contribution in [0.3, 0.4) is 0 Å². The molecule has 6 heterocycles. The van der Waals surface area contributed by atoms with Crippen molar-refractivity contribution in [2.45, 2.75) is 18.6 Å². The van der Waals surface area contributed by atoms with Crippen LogP contribution in [-0.2, 0) is 30.3 Å². The van der Waals surface area contributed by atoms with Crippen LogP contribution in [-0.4, -0.2) is 73.1 Å². The number of nitrogens with one attached hydrogen (secondary N) is 2. The normalized spacial score (nSPS) is 13.9. The number of rotatable bonds is 12. The number of furan rings is 1. The first-order valence-corrected chi connectivity index (χ1v) is 20.9. The van der Waals surface area contributed by atoms with Gasteiger partial charge in [-0.3, -0.25) is 9.59 Å². The average molecular weight is 943 g/mol. The number of nitrogens with zero attached hydrogens (tertiary/aromatic N) is 2. The highest BCUT2D eigenvalue weighted by atomic mass is 35.5.